The Morgan fingerprint density at radius 3 is 2.39 bits per heavy atom. The van der Waals surface area contributed by atoms with Gasteiger partial charge in [0.2, 0.25) is 0 Å². The lowest BCUT2D eigenvalue weighted by molar-refractivity contribution is 0.198. The van der Waals surface area contributed by atoms with Gasteiger partial charge < -0.3 is 15.5 Å². The molecule has 1 aromatic heterocycles. The summed E-state index contributed by atoms with van der Waals surface area (Å²) in [5, 5.41) is 7.04. The number of nitrogens with zero attached hydrogens (tertiary/aromatic N) is 4. The lowest BCUT2D eigenvalue weighted by atomic mass is 10.0. The van der Waals surface area contributed by atoms with Gasteiger partial charge in [0.25, 0.3) is 0 Å². The van der Waals surface area contributed by atoms with Gasteiger partial charge in [0, 0.05) is 51.5 Å². The van der Waals surface area contributed by atoms with Crippen LogP contribution >= 0.6 is 0 Å². The van der Waals surface area contributed by atoms with E-state index in [0.717, 1.165) is 69.5 Å². The van der Waals surface area contributed by atoms with Crippen LogP contribution in [-0.4, -0.2) is 54.6 Å². The second-order valence-corrected chi connectivity index (χ2v) is 8.07. The zero-order valence-electron chi connectivity index (χ0n) is 19.3. The Morgan fingerprint density at radius 1 is 1.03 bits per heavy atom. The first-order valence-corrected chi connectivity index (χ1v) is 11.7. The van der Waals surface area contributed by atoms with Crippen LogP contribution in [0.25, 0.3) is 0 Å². The second kappa shape index (κ2) is 12.3. The highest BCUT2D eigenvalue weighted by Gasteiger charge is 2.20. The van der Waals surface area contributed by atoms with E-state index in [1.807, 2.05) is 6.20 Å². The molecule has 0 radical (unpaired) electrons. The minimum atomic E-state index is 0.466. The maximum Gasteiger partial charge on any atom is 0.191 e. The Kier molecular flexibility index (Phi) is 9.16. The number of anilines is 1. The van der Waals surface area contributed by atoms with E-state index in [-0.39, 0.29) is 0 Å². The highest BCUT2D eigenvalue weighted by Crippen LogP contribution is 2.14. The minimum Gasteiger partial charge on any atom is -0.357 e. The van der Waals surface area contributed by atoms with E-state index < -0.39 is 0 Å². The first-order chi connectivity index (χ1) is 15.2. The summed E-state index contributed by atoms with van der Waals surface area (Å²) in [6.07, 6.45) is 4.22. The smallest absolute Gasteiger partial charge is 0.191 e. The number of piperidine rings is 1. The molecule has 0 bridgehead atoms. The van der Waals surface area contributed by atoms with Crippen LogP contribution in [0.15, 0.2) is 53.7 Å². The number of benzene rings is 1. The number of hydrogen-bond acceptors (Lipinski definition) is 4. The van der Waals surface area contributed by atoms with Crippen molar-refractivity contribution in [1.82, 2.24) is 20.5 Å². The molecule has 0 atom stereocenters. The average Bonchev–Trinajstić information content (AvgIpc) is 2.81. The van der Waals surface area contributed by atoms with Gasteiger partial charge in [-0.2, -0.15) is 0 Å². The van der Waals surface area contributed by atoms with Crippen LogP contribution < -0.4 is 15.5 Å². The van der Waals surface area contributed by atoms with Crippen LogP contribution in [0, 0.1) is 0 Å². The van der Waals surface area contributed by atoms with Crippen molar-refractivity contribution >= 4 is 11.8 Å². The average molecular weight is 423 g/mol. The standard InChI is InChI=1S/C25H38N6/c1-4-26-25(28-19-22-12-13-24(27-18-22)31(5-2)6-3)29-23-14-16-30(17-15-23)20-21-10-8-7-9-11-21/h7-13,18,23H,4-6,14-17,19-20H2,1-3H3,(H2,26,28,29). The van der Waals surface area contributed by atoms with E-state index in [2.05, 4.69) is 88.7 Å². The van der Waals surface area contributed by atoms with Gasteiger partial charge in [-0.1, -0.05) is 36.4 Å². The van der Waals surface area contributed by atoms with Crippen LogP contribution in [0.2, 0.25) is 0 Å². The van der Waals surface area contributed by atoms with Gasteiger partial charge in [-0.05, 0) is 50.8 Å². The largest absolute Gasteiger partial charge is 0.357 e. The number of pyridine rings is 1. The molecule has 1 aliphatic heterocycles. The van der Waals surface area contributed by atoms with Gasteiger partial charge in [-0.25, -0.2) is 9.98 Å². The number of guanidine groups is 1. The topological polar surface area (TPSA) is 55.8 Å². The number of aliphatic imine (C=N–C) groups is 1. The molecule has 168 valence electrons. The van der Waals surface area contributed by atoms with Crippen LogP contribution in [0.5, 0.6) is 0 Å². The van der Waals surface area contributed by atoms with Crippen molar-refractivity contribution in [3.63, 3.8) is 0 Å². The molecule has 0 aliphatic carbocycles. The number of hydrogen-bond donors (Lipinski definition) is 2. The fourth-order valence-corrected chi connectivity index (χ4v) is 4.01. The quantitative estimate of drug-likeness (QED) is 0.477. The number of rotatable bonds is 9. The molecule has 0 unspecified atom stereocenters. The van der Waals surface area contributed by atoms with E-state index in [0.29, 0.717) is 12.6 Å². The van der Waals surface area contributed by atoms with Gasteiger partial charge in [-0.3, -0.25) is 4.90 Å². The molecule has 3 rings (SSSR count). The molecular formula is C25H38N6. The Bertz CT molecular complexity index is 777. The second-order valence-electron chi connectivity index (χ2n) is 8.07. The lowest BCUT2D eigenvalue weighted by Crippen LogP contribution is -2.48. The van der Waals surface area contributed by atoms with E-state index in [1.54, 1.807) is 0 Å². The maximum atomic E-state index is 4.81. The van der Waals surface area contributed by atoms with E-state index >= 15 is 0 Å². The molecule has 1 aromatic carbocycles. The molecular weight excluding hydrogens is 384 g/mol. The minimum absolute atomic E-state index is 0.466. The Balaban J connectivity index is 1.50. The predicted molar refractivity (Wildman–Crippen MR) is 130 cm³/mol. The summed E-state index contributed by atoms with van der Waals surface area (Å²) in [7, 11) is 0. The summed E-state index contributed by atoms with van der Waals surface area (Å²) in [6.45, 7) is 13.1. The van der Waals surface area contributed by atoms with Crippen LogP contribution in [0.1, 0.15) is 44.7 Å². The fourth-order valence-electron chi connectivity index (χ4n) is 4.01. The first-order valence-electron chi connectivity index (χ1n) is 11.7. The molecule has 0 amide bonds. The summed E-state index contributed by atoms with van der Waals surface area (Å²) in [5.41, 5.74) is 2.52. The third-order valence-corrected chi connectivity index (χ3v) is 5.84. The number of nitrogens with one attached hydrogen (secondary N) is 2. The predicted octanol–water partition coefficient (Wildman–Crippen LogP) is 3.65. The molecule has 6 nitrogen and oxygen atoms in total. The zero-order valence-corrected chi connectivity index (χ0v) is 19.3. The molecule has 2 heterocycles. The van der Waals surface area contributed by atoms with Crippen molar-refractivity contribution in [3.05, 3.63) is 59.8 Å². The fraction of sp³-hybridized carbons (Fsp3) is 0.520. The molecule has 6 heteroatoms. The van der Waals surface area contributed by atoms with Crippen LogP contribution in [0.3, 0.4) is 0 Å². The van der Waals surface area contributed by atoms with Gasteiger partial charge in [-0.15, -0.1) is 0 Å². The lowest BCUT2D eigenvalue weighted by Gasteiger charge is -2.33. The van der Waals surface area contributed by atoms with Gasteiger partial charge in [0.15, 0.2) is 5.96 Å². The molecule has 1 fully saturated rings. The van der Waals surface area contributed by atoms with Crippen molar-refractivity contribution in [1.29, 1.82) is 0 Å². The van der Waals surface area contributed by atoms with Gasteiger partial charge >= 0.3 is 0 Å². The van der Waals surface area contributed by atoms with Crippen LogP contribution in [0.4, 0.5) is 5.82 Å². The van der Waals surface area contributed by atoms with Crippen molar-refractivity contribution in [2.75, 3.05) is 37.6 Å². The highest BCUT2D eigenvalue weighted by atomic mass is 15.2. The normalized spacial score (nSPS) is 15.6. The molecule has 31 heavy (non-hydrogen) atoms. The molecule has 1 aliphatic rings. The Hall–Kier alpha value is -2.60. The van der Waals surface area contributed by atoms with E-state index in [9.17, 15) is 0 Å². The summed E-state index contributed by atoms with van der Waals surface area (Å²) in [5.74, 6) is 1.93. The van der Waals surface area contributed by atoms with Gasteiger partial charge in [0.05, 0.1) is 6.54 Å². The monoisotopic (exact) mass is 422 g/mol. The van der Waals surface area contributed by atoms with Crippen molar-refractivity contribution in [3.8, 4) is 0 Å². The SMILES string of the molecule is CCNC(=NCc1ccc(N(CC)CC)nc1)NC1CCN(Cc2ccccc2)CC1. The van der Waals surface area contributed by atoms with E-state index in [4.69, 9.17) is 4.99 Å². The summed E-state index contributed by atoms with van der Waals surface area (Å²) in [4.78, 5) is 14.2. The third kappa shape index (κ3) is 7.24. The summed E-state index contributed by atoms with van der Waals surface area (Å²) in [6, 6.07) is 15.4. The molecule has 1 saturated heterocycles. The van der Waals surface area contributed by atoms with Crippen molar-refractivity contribution < 1.29 is 0 Å². The van der Waals surface area contributed by atoms with Gasteiger partial charge in [0.1, 0.15) is 5.82 Å². The van der Waals surface area contributed by atoms with Crippen molar-refractivity contribution in [2.45, 2.75) is 52.7 Å². The maximum absolute atomic E-state index is 4.81. The molecule has 2 N–H and O–H groups in total. The number of aromatic nitrogens is 1. The van der Waals surface area contributed by atoms with E-state index in [1.165, 1.54) is 5.56 Å². The highest BCUT2D eigenvalue weighted by molar-refractivity contribution is 5.80. The first kappa shape index (κ1) is 23.1. The summed E-state index contributed by atoms with van der Waals surface area (Å²) < 4.78 is 0. The van der Waals surface area contributed by atoms with Crippen LogP contribution in [-0.2, 0) is 13.1 Å². The molecule has 0 spiro atoms. The Labute approximate surface area is 187 Å². The molecule has 2 aromatic rings. The molecule has 0 saturated carbocycles. The Morgan fingerprint density at radius 2 is 1.77 bits per heavy atom. The number of likely N-dealkylation sites (tertiary alicyclic amines) is 1. The van der Waals surface area contributed by atoms with Crippen molar-refractivity contribution in [2.24, 2.45) is 4.99 Å². The third-order valence-electron chi connectivity index (χ3n) is 5.84. The zero-order chi connectivity index (χ0) is 21.9. The summed E-state index contributed by atoms with van der Waals surface area (Å²) >= 11 is 0.